The minimum absolute atomic E-state index is 0.190. The van der Waals surface area contributed by atoms with Gasteiger partial charge in [-0.05, 0) is 17.5 Å². The van der Waals surface area contributed by atoms with Crippen LogP contribution in [-0.2, 0) is 11.3 Å². The highest BCUT2D eigenvalue weighted by molar-refractivity contribution is 5.83. The summed E-state index contributed by atoms with van der Waals surface area (Å²) in [5.41, 5.74) is 2.19. The van der Waals surface area contributed by atoms with Crippen molar-refractivity contribution in [3.8, 4) is 0 Å². The van der Waals surface area contributed by atoms with E-state index in [1.54, 1.807) is 7.05 Å². The second-order valence-electron chi connectivity index (χ2n) is 7.45. The second-order valence-corrected chi connectivity index (χ2v) is 7.45. The molecule has 1 aromatic heterocycles. The number of aromatic nitrogens is 1. The molecule has 1 aromatic carbocycles. The maximum absolute atomic E-state index is 5.91. The molecule has 0 bridgehead atoms. The molecule has 2 aromatic rings. The standard InChI is InChI=1S/C21H31N5O/c1-16(2)14-26-10-11-27-19(15-26)13-25-21(22-3)24-12-18-7-4-6-17-8-5-9-23-20(17)18/h4-9,16,19H,10-15H2,1-3H3,(H2,22,24,25). The molecule has 2 heterocycles. The maximum Gasteiger partial charge on any atom is 0.191 e. The Balaban J connectivity index is 1.51. The van der Waals surface area contributed by atoms with Crippen molar-refractivity contribution in [2.45, 2.75) is 26.5 Å². The Kier molecular flexibility index (Phi) is 7.01. The van der Waals surface area contributed by atoms with E-state index >= 15 is 0 Å². The Morgan fingerprint density at radius 3 is 2.96 bits per heavy atom. The molecule has 1 aliphatic rings. The largest absolute Gasteiger partial charge is 0.374 e. The molecule has 1 saturated heterocycles. The van der Waals surface area contributed by atoms with Crippen molar-refractivity contribution >= 4 is 16.9 Å². The van der Waals surface area contributed by atoms with Crippen LogP contribution >= 0.6 is 0 Å². The predicted molar refractivity (Wildman–Crippen MR) is 111 cm³/mol. The fraction of sp³-hybridized carbons (Fsp3) is 0.524. The van der Waals surface area contributed by atoms with Crippen LogP contribution in [0.5, 0.6) is 0 Å². The molecule has 146 valence electrons. The molecule has 1 fully saturated rings. The van der Waals surface area contributed by atoms with E-state index in [0.717, 1.165) is 55.2 Å². The number of benzene rings is 1. The summed E-state index contributed by atoms with van der Waals surface area (Å²) in [6.45, 7) is 9.87. The van der Waals surface area contributed by atoms with Gasteiger partial charge in [-0.3, -0.25) is 14.9 Å². The molecule has 0 spiro atoms. The predicted octanol–water partition coefficient (Wildman–Crippen LogP) is 2.26. The Bertz CT molecular complexity index is 756. The summed E-state index contributed by atoms with van der Waals surface area (Å²) >= 11 is 0. The topological polar surface area (TPSA) is 61.8 Å². The molecule has 3 rings (SSSR count). The maximum atomic E-state index is 5.91. The van der Waals surface area contributed by atoms with E-state index < -0.39 is 0 Å². The van der Waals surface area contributed by atoms with Crippen LogP contribution in [0.2, 0.25) is 0 Å². The SMILES string of the molecule is CN=C(NCc1cccc2cccnc12)NCC1CN(CC(C)C)CCO1. The Hall–Kier alpha value is -2.18. The third kappa shape index (κ3) is 5.65. The smallest absolute Gasteiger partial charge is 0.191 e. The number of nitrogens with zero attached hydrogens (tertiary/aromatic N) is 3. The first kappa shape index (κ1) is 19.6. The summed E-state index contributed by atoms with van der Waals surface area (Å²) in [5, 5.41) is 7.94. The number of morpholine rings is 1. The van der Waals surface area contributed by atoms with Crippen molar-refractivity contribution in [2.75, 3.05) is 39.8 Å². The molecule has 1 atom stereocenters. The lowest BCUT2D eigenvalue weighted by atomic mass is 10.1. The molecule has 0 aliphatic carbocycles. The van der Waals surface area contributed by atoms with Crippen LogP contribution in [0.1, 0.15) is 19.4 Å². The third-order valence-corrected chi connectivity index (χ3v) is 4.73. The van der Waals surface area contributed by atoms with Crippen molar-refractivity contribution in [3.05, 3.63) is 42.1 Å². The first-order chi connectivity index (χ1) is 13.2. The monoisotopic (exact) mass is 369 g/mol. The zero-order chi connectivity index (χ0) is 19.1. The minimum Gasteiger partial charge on any atom is -0.374 e. The quantitative estimate of drug-likeness (QED) is 0.604. The van der Waals surface area contributed by atoms with Crippen LogP contribution < -0.4 is 10.6 Å². The number of ether oxygens (including phenoxy) is 1. The molecular weight excluding hydrogens is 338 g/mol. The first-order valence-electron chi connectivity index (χ1n) is 9.77. The summed E-state index contributed by atoms with van der Waals surface area (Å²) < 4.78 is 5.91. The summed E-state index contributed by atoms with van der Waals surface area (Å²) in [7, 11) is 1.80. The van der Waals surface area contributed by atoms with Crippen LogP contribution in [0.25, 0.3) is 10.9 Å². The van der Waals surface area contributed by atoms with Gasteiger partial charge >= 0.3 is 0 Å². The van der Waals surface area contributed by atoms with Crippen molar-refractivity contribution < 1.29 is 4.74 Å². The lowest BCUT2D eigenvalue weighted by molar-refractivity contribution is -0.0284. The molecule has 0 saturated carbocycles. The summed E-state index contributed by atoms with van der Waals surface area (Å²) in [6.07, 6.45) is 2.03. The third-order valence-electron chi connectivity index (χ3n) is 4.73. The van der Waals surface area contributed by atoms with Crippen LogP contribution in [0.4, 0.5) is 0 Å². The van der Waals surface area contributed by atoms with Crippen LogP contribution in [0, 0.1) is 5.92 Å². The van der Waals surface area contributed by atoms with Crippen molar-refractivity contribution in [3.63, 3.8) is 0 Å². The minimum atomic E-state index is 0.190. The fourth-order valence-electron chi connectivity index (χ4n) is 3.51. The zero-order valence-corrected chi connectivity index (χ0v) is 16.6. The Morgan fingerprint density at radius 2 is 2.15 bits per heavy atom. The van der Waals surface area contributed by atoms with E-state index in [4.69, 9.17) is 4.74 Å². The number of fused-ring (bicyclic) bond motifs is 1. The molecule has 1 aliphatic heterocycles. The van der Waals surface area contributed by atoms with Gasteiger partial charge in [-0.15, -0.1) is 0 Å². The van der Waals surface area contributed by atoms with Crippen molar-refractivity contribution in [1.29, 1.82) is 0 Å². The van der Waals surface area contributed by atoms with Gasteiger partial charge in [-0.2, -0.15) is 0 Å². The van der Waals surface area contributed by atoms with Crippen molar-refractivity contribution in [1.82, 2.24) is 20.5 Å². The molecule has 0 radical (unpaired) electrons. The number of para-hydroxylation sites is 1. The van der Waals surface area contributed by atoms with Gasteiger partial charge in [0.05, 0.1) is 18.2 Å². The Labute approximate surface area is 162 Å². The zero-order valence-electron chi connectivity index (χ0n) is 16.6. The van der Waals surface area contributed by atoms with Gasteiger partial charge in [0, 0.05) is 51.4 Å². The highest BCUT2D eigenvalue weighted by Crippen LogP contribution is 2.15. The van der Waals surface area contributed by atoms with Gasteiger partial charge in [0.2, 0.25) is 0 Å². The van der Waals surface area contributed by atoms with E-state index in [9.17, 15) is 0 Å². The number of rotatable bonds is 6. The van der Waals surface area contributed by atoms with Crippen LogP contribution in [0.15, 0.2) is 41.5 Å². The van der Waals surface area contributed by atoms with Crippen molar-refractivity contribution in [2.24, 2.45) is 10.9 Å². The summed E-state index contributed by atoms with van der Waals surface area (Å²) in [4.78, 5) is 11.3. The molecule has 2 N–H and O–H groups in total. The van der Waals surface area contributed by atoms with E-state index in [-0.39, 0.29) is 6.10 Å². The number of pyridine rings is 1. The van der Waals surface area contributed by atoms with Crippen LogP contribution in [-0.4, -0.2) is 61.8 Å². The first-order valence-corrected chi connectivity index (χ1v) is 9.77. The van der Waals surface area contributed by atoms with Gasteiger partial charge in [-0.25, -0.2) is 0 Å². The van der Waals surface area contributed by atoms with E-state index in [2.05, 4.69) is 63.6 Å². The highest BCUT2D eigenvalue weighted by atomic mass is 16.5. The number of nitrogens with one attached hydrogen (secondary N) is 2. The summed E-state index contributed by atoms with van der Waals surface area (Å²) in [5.74, 6) is 1.47. The molecule has 6 nitrogen and oxygen atoms in total. The molecular formula is C21H31N5O. The van der Waals surface area contributed by atoms with Gasteiger partial charge in [0.25, 0.3) is 0 Å². The fourth-order valence-corrected chi connectivity index (χ4v) is 3.51. The van der Waals surface area contributed by atoms with Gasteiger partial charge < -0.3 is 15.4 Å². The van der Waals surface area contributed by atoms with E-state index in [1.165, 1.54) is 0 Å². The average molecular weight is 370 g/mol. The lowest BCUT2D eigenvalue weighted by Crippen LogP contribution is -2.50. The number of hydrogen-bond donors (Lipinski definition) is 2. The molecule has 0 amide bonds. The average Bonchev–Trinajstić information content (AvgIpc) is 2.68. The molecule has 27 heavy (non-hydrogen) atoms. The van der Waals surface area contributed by atoms with E-state index in [1.807, 2.05) is 12.3 Å². The van der Waals surface area contributed by atoms with Crippen LogP contribution in [0.3, 0.4) is 0 Å². The second kappa shape index (κ2) is 9.67. The normalized spacial score (nSPS) is 18.8. The highest BCUT2D eigenvalue weighted by Gasteiger charge is 2.21. The number of guanidine groups is 1. The lowest BCUT2D eigenvalue weighted by Gasteiger charge is -2.34. The number of hydrogen-bond acceptors (Lipinski definition) is 4. The summed E-state index contributed by atoms with van der Waals surface area (Å²) in [6, 6.07) is 10.3. The molecule has 1 unspecified atom stereocenters. The Morgan fingerprint density at radius 1 is 1.30 bits per heavy atom. The number of aliphatic imine (C=N–C) groups is 1. The van der Waals surface area contributed by atoms with Gasteiger partial charge in [0.15, 0.2) is 5.96 Å². The molecule has 6 heteroatoms. The van der Waals surface area contributed by atoms with Gasteiger partial charge in [0.1, 0.15) is 0 Å². The van der Waals surface area contributed by atoms with Gasteiger partial charge in [-0.1, -0.05) is 38.1 Å². The van der Waals surface area contributed by atoms with E-state index in [0.29, 0.717) is 12.5 Å².